The minimum Gasteiger partial charge on any atom is -0.482 e. The van der Waals surface area contributed by atoms with Crippen LogP contribution in [-0.4, -0.2) is 7.05 Å². The lowest BCUT2D eigenvalue weighted by Gasteiger charge is -2.09. The van der Waals surface area contributed by atoms with E-state index in [1.165, 1.54) is 23.5 Å². The van der Waals surface area contributed by atoms with Crippen LogP contribution >= 0.6 is 27.3 Å². The minimum atomic E-state index is -0.680. The van der Waals surface area contributed by atoms with Crippen LogP contribution in [0.5, 0.6) is 5.75 Å². The van der Waals surface area contributed by atoms with Crippen molar-refractivity contribution in [2.24, 2.45) is 0 Å². The van der Waals surface area contributed by atoms with E-state index < -0.39 is 11.6 Å². The van der Waals surface area contributed by atoms with Gasteiger partial charge in [-0.15, -0.1) is 11.3 Å². The summed E-state index contributed by atoms with van der Waals surface area (Å²) in [4.78, 5) is 0.893. The Balaban J connectivity index is 2.11. The lowest BCUT2D eigenvalue weighted by atomic mass is 10.2. The van der Waals surface area contributed by atoms with Gasteiger partial charge in [0.05, 0.1) is 0 Å². The lowest BCUT2D eigenvalue weighted by molar-refractivity contribution is 0.276. The van der Waals surface area contributed by atoms with Gasteiger partial charge in [0, 0.05) is 21.3 Å². The summed E-state index contributed by atoms with van der Waals surface area (Å²) in [7, 11) is 1.72. The molecule has 0 aliphatic rings. The third-order valence-electron chi connectivity index (χ3n) is 2.42. The van der Waals surface area contributed by atoms with Gasteiger partial charge in [0.15, 0.2) is 17.4 Å². The number of benzene rings is 1. The van der Waals surface area contributed by atoms with E-state index in [-0.39, 0.29) is 12.4 Å². The predicted octanol–water partition coefficient (Wildman–Crippen LogP) is 4.09. The van der Waals surface area contributed by atoms with Gasteiger partial charge >= 0.3 is 0 Å². The molecule has 0 amide bonds. The number of nitrogens with one attached hydrogen (secondary N) is 1. The van der Waals surface area contributed by atoms with Gasteiger partial charge in [0.2, 0.25) is 0 Å². The topological polar surface area (TPSA) is 21.3 Å². The van der Waals surface area contributed by atoms with Crippen molar-refractivity contribution in [1.82, 2.24) is 5.32 Å². The van der Waals surface area contributed by atoms with Crippen molar-refractivity contribution < 1.29 is 13.5 Å². The van der Waals surface area contributed by atoms with Gasteiger partial charge in [-0.2, -0.15) is 0 Å². The molecule has 1 aromatic carbocycles. The number of halogens is 3. The molecule has 0 bridgehead atoms. The molecule has 102 valence electrons. The Morgan fingerprint density at radius 2 is 1.95 bits per heavy atom. The van der Waals surface area contributed by atoms with Crippen molar-refractivity contribution in [2.75, 3.05) is 7.05 Å². The van der Waals surface area contributed by atoms with E-state index in [0.717, 1.165) is 9.35 Å². The Morgan fingerprint density at radius 1 is 1.26 bits per heavy atom. The normalized spacial score (nSPS) is 10.7. The second-order valence-corrected chi connectivity index (χ2v) is 5.85. The van der Waals surface area contributed by atoms with E-state index in [1.54, 1.807) is 7.05 Å². The molecule has 0 spiro atoms. The highest BCUT2D eigenvalue weighted by Gasteiger charge is 2.13. The molecule has 0 radical (unpaired) electrons. The van der Waals surface area contributed by atoms with Crippen LogP contribution < -0.4 is 10.1 Å². The predicted molar refractivity (Wildman–Crippen MR) is 75.5 cm³/mol. The molecular formula is C13H12BrF2NOS. The molecule has 2 aromatic rings. The minimum absolute atomic E-state index is 0.148. The van der Waals surface area contributed by atoms with Gasteiger partial charge in [-0.1, -0.05) is 0 Å². The van der Waals surface area contributed by atoms with Gasteiger partial charge < -0.3 is 10.1 Å². The largest absolute Gasteiger partial charge is 0.482 e. The fourth-order valence-electron chi connectivity index (χ4n) is 1.63. The Labute approximate surface area is 122 Å². The molecule has 2 nitrogen and oxygen atoms in total. The van der Waals surface area contributed by atoms with Crippen molar-refractivity contribution in [3.63, 3.8) is 0 Å². The van der Waals surface area contributed by atoms with Crippen LogP contribution in [0.15, 0.2) is 28.1 Å². The fourth-order valence-corrected chi connectivity index (χ4v) is 2.99. The standard InChI is InChI=1S/C13H12BrF2NOS/c1-17-5-8-2-11(15)13(12(16)3-8)18-6-10-4-9(14)7-19-10/h2-4,7,17H,5-6H2,1H3. The molecule has 1 aromatic heterocycles. The van der Waals surface area contributed by atoms with Gasteiger partial charge in [-0.3, -0.25) is 0 Å². The monoisotopic (exact) mass is 347 g/mol. The summed E-state index contributed by atoms with van der Waals surface area (Å²) in [5.41, 5.74) is 0.545. The zero-order valence-electron chi connectivity index (χ0n) is 10.2. The van der Waals surface area contributed by atoms with Crippen molar-refractivity contribution in [3.8, 4) is 5.75 Å². The first-order valence-electron chi connectivity index (χ1n) is 5.58. The SMILES string of the molecule is CNCc1cc(F)c(OCc2cc(Br)cs2)c(F)c1. The number of thiophene rings is 1. The van der Waals surface area contributed by atoms with Gasteiger partial charge in [-0.25, -0.2) is 8.78 Å². The summed E-state index contributed by atoms with van der Waals surface area (Å²) in [5.74, 6) is -1.69. The Hall–Kier alpha value is -0.980. The summed E-state index contributed by atoms with van der Waals surface area (Å²) in [6.45, 7) is 0.557. The summed E-state index contributed by atoms with van der Waals surface area (Å²) in [5, 5.41) is 4.73. The summed E-state index contributed by atoms with van der Waals surface area (Å²) >= 11 is 4.78. The van der Waals surface area contributed by atoms with Crippen molar-refractivity contribution in [2.45, 2.75) is 13.2 Å². The molecule has 1 heterocycles. The van der Waals surface area contributed by atoms with Crippen LogP contribution in [0.1, 0.15) is 10.4 Å². The molecular weight excluding hydrogens is 336 g/mol. The van der Waals surface area contributed by atoms with Crippen LogP contribution in [0.25, 0.3) is 0 Å². The third kappa shape index (κ3) is 3.75. The van der Waals surface area contributed by atoms with Crippen LogP contribution in [-0.2, 0) is 13.2 Å². The van der Waals surface area contributed by atoms with Crippen LogP contribution in [0, 0.1) is 11.6 Å². The van der Waals surface area contributed by atoms with E-state index in [1.807, 2.05) is 11.4 Å². The first kappa shape index (κ1) is 14.4. The number of hydrogen-bond donors (Lipinski definition) is 1. The summed E-state index contributed by atoms with van der Waals surface area (Å²) < 4.78 is 33.6. The highest BCUT2D eigenvalue weighted by Crippen LogP contribution is 2.26. The molecule has 0 unspecified atom stereocenters. The maximum atomic E-state index is 13.7. The van der Waals surface area contributed by atoms with E-state index in [2.05, 4.69) is 21.2 Å². The van der Waals surface area contributed by atoms with E-state index in [9.17, 15) is 8.78 Å². The second-order valence-electron chi connectivity index (χ2n) is 3.94. The Morgan fingerprint density at radius 3 is 2.47 bits per heavy atom. The Bertz CT molecular complexity index is 551. The molecule has 19 heavy (non-hydrogen) atoms. The van der Waals surface area contributed by atoms with Gasteiger partial charge in [0.25, 0.3) is 0 Å². The van der Waals surface area contributed by atoms with Crippen LogP contribution in [0.3, 0.4) is 0 Å². The van der Waals surface area contributed by atoms with E-state index in [0.29, 0.717) is 12.1 Å². The molecule has 0 saturated heterocycles. The van der Waals surface area contributed by atoms with E-state index >= 15 is 0 Å². The highest BCUT2D eigenvalue weighted by atomic mass is 79.9. The molecule has 0 aliphatic heterocycles. The maximum absolute atomic E-state index is 13.7. The average Bonchev–Trinajstić information content (AvgIpc) is 2.74. The smallest absolute Gasteiger partial charge is 0.191 e. The quantitative estimate of drug-likeness (QED) is 0.879. The van der Waals surface area contributed by atoms with Crippen molar-refractivity contribution in [1.29, 1.82) is 0 Å². The molecule has 0 atom stereocenters. The van der Waals surface area contributed by atoms with Crippen LogP contribution in [0.4, 0.5) is 8.78 Å². The number of ether oxygens (including phenoxy) is 1. The maximum Gasteiger partial charge on any atom is 0.191 e. The molecule has 6 heteroatoms. The molecule has 0 aliphatic carbocycles. The zero-order chi connectivity index (χ0) is 13.8. The molecule has 0 saturated carbocycles. The van der Waals surface area contributed by atoms with Crippen molar-refractivity contribution in [3.05, 3.63) is 50.1 Å². The van der Waals surface area contributed by atoms with Gasteiger partial charge in [0.1, 0.15) is 6.61 Å². The van der Waals surface area contributed by atoms with Gasteiger partial charge in [-0.05, 0) is 46.7 Å². The second kappa shape index (κ2) is 6.45. The molecule has 2 rings (SSSR count). The molecule has 1 N–H and O–H groups in total. The van der Waals surface area contributed by atoms with E-state index in [4.69, 9.17) is 4.74 Å². The number of hydrogen-bond acceptors (Lipinski definition) is 3. The first-order chi connectivity index (χ1) is 9.10. The molecule has 0 fully saturated rings. The fraction of sp³-hybridized carbons (Fsp3) is 0.231. The third-order valence-corrected chi connectivity index (χ3v) is 4.09. The van der Waals surface area contributed by atoms with Crippen molar-refractivity contribution >= 4 is 27.3 Å². The zero-order valence-corrected chi connectivity index (χ0v) is 12.6. The average molecular weight is 348 g/mol. The summed E-state index contributed by atoms with van der Waals surface area (Å²) in [6.07, 6.45) is 0. The first-order valence-corrected chi connectivity index (χ1v) is 7.25. The Kier molecular flexibility index (Phi) is 4.90. The highest BCUT2D eigenvalue weighted by molar-refractivity contribution is 9.10. The summed E-state index contributed by atoms with van der Waals surface area (Å²) in [6, 6.07) is 4.41. The number of rotatable bonds is 5. The van der Waals surface area contributed by atoms with Crippen LogP contribution in [0.2, 0.25) is 0 Å². The lowest BCUT2D eigenvalue weighted by Crippen LogP contribution is -2.07.